The molecule has 2 aromatic heterocycles. The highest BCUT2D eigenvalue weighted by Gasteiger charge is 2.13. The zero-order valence-corrected chi connectivity index (χ0v) is 19.3. The van der Waals surface area contributed by atoms with Crippen molar-refractivity contribution >= 4 is 22.4 Å². The van der Waals surface area contributed by atoms with Crippen LogP contribution < -0.4 is 34.6 Å². The van der Waals surface area contributed by atoms with Gasteiger partial charge in [-0.25, -0.2) is 0 Å². The molecule has 0 aliphatic rings. The fourth-order valence-electron chi connectivity index (χ4n) is 3.33. The maximum atomic E-state index is 13.0. The van der Waals surface area contributed by atoms with Crippen molar-refractivity contribution in [1.29, 1.82) is 0 Å². The van der Waals surface area contributed by atoms with Gasteiger partial charge in [-0.1, -0.05) is 23.5 Å². The Morgan fingerprint density at radius 2 is 1.52 bits per heavy atom. The van der Waals surface area contributed by atoms with Crippen molar-refractivity contribution in [3.8, 4) is 23.0 Å². The second-order valence-corrected chi connectivity index (χ2v) is 7.96. The highest BCUT2D eigenvalue weighted by atomic mass is 32.1. The van der Waals surface area contributed by atoms with Crippen LogP contribution in [-0.4, -0.2) is 43.0 Å². The fourth-order valence-corrected chi connectivity index (χ4v) is 4.23. The Morgan fingerprint density at radius 3 is 2.18 bits per heavy atom. The number of hydrogen-bond donors (Lipinski definition) is 0. The van der Waals surface area contributed by atoms with Crippen LogP contribution in [0.3, 0.4) is 0 Å². The zero-order chi connectivity index (χ0) is 23.5. The van der Waals surface area contributed by atoms with E-state index in [0.717, 1.165) is 27.0 Å². The minimum absolute atomic E-state index is 0.160. The van der Waals surface area contributed by atoms with Crippen LogP contribution in [0.1, 0.15) is 16.8 Å². The van der Waals surface area contributed by atoms with E-state index in [-0.39, 0.29) is 22.6 Å². The Balaban J connectivity index is 1.75. The van der Waals surface area contributed by atoms with Gasteiger partial charge >= 0.3 is 0 Å². The van der Waals surface area contributed by atoms with Crippen molar-refractivity contribution in [1.82, 2.24) is 14.6 Å². The first kappa shape index (κ1) is 22.3. The fraction of sp³-hybridized carbons (Fsp3) is 0.217. The van der Waals surface area contributed by atoms with Gasteiger partial charge < -0.3 is 18.9 Å². The van der Waals surface area contributed by atoms with Crippen LogP contribution >= 0.6 is 11.3 Å². The third kappa shape index (κ3) is 4.37. The number of benzene rings is 2. The summed E-state index contributed by atoms with van der Waals surface area (Å²) in [6.07, 6.45) is 1.89. The van der Waals surface area contributed by atoms with E-state index in [1.165, 1.54) is 7.11 Å². The summed E-state index contributed by atoms with van der Waals surface area (Å²) in [7, 11) is 6.18. The summed E-state index contributed by atoms with van der Waals surface area (Å²) in [6.45, 7) is 0. The van der Waals surface area contributed by atoms with Crippen LogP contribution in [0.4, 0.5) is 0 Å². The second-order valence-electron chi connectivity index (χ2n) is 6.95. The number of ether oxygens (including phenoxy) is 4. The summed E-state index contributed by atoms with van der Waals surface area (Å²) in [6, 6.07) is 10.6. The highest BCUT2D eigenvalue weighted by molar-refractivity contribution is 7.15. The van der Waals surface area contributed by atoms with Gasteiger partial charge in [0.1, 0.15) is 5.69 Å². The van der Waals surface area contributed by atoms with E-state index in [2.05, 4.69) is 10.1 Å². The Kier molecular flexibility index (Phi) is 6.27. The van der Waals surface area contributed by atoms with E-state index < -0.39 is 5.56 Å². The normalized spacial score (nSPS) is 11.6. The largest absolute Gasteiger partial charge is 0.493 e. The summed E-state index contributed by atoms with van der Waals surface area (Å²) in [4.78, 5) is 29.8. The molecule has 0 saturated heterocycles. The smallest absolute Gasteiger partial charge is 0.296 e. The molecule has 10 heteroatoms. The monoisotopic (exact) mass is 467 g/mol. The number of rotatable bonds is 7. The molecule has 4 aromatic rings. The van der Waals surface area contributed by atoms with Gasteiger partial charge in [-0.15, -0.1) is 0 Å². The van der Waals surface area contributed by atoms with Crippen molar-refractivity contribution < 1.29 is 18.9 Å². The molecule has 9 nitrogen and oxygen atoms in total. The Labute approximate surface area is 192 Å². The van der Waals surface area contributed by atoms with Crippen LogP contribution in [-0.2, 0) is 6.42 Å². The van der Waals surface area contributed by atoms with E-state index in [1.807, 2.05) is 0 Å². The second kappa shape index (κ2) is 9.29. The zero-order valence-electron chi connectivity index (χ0n) is 18.4. The topological polar surface area (TPSA) is 101 Å². The summed E-state index contributed by atoms with van der Waals surface area (Å²) in [5.74, 6) is 2.25. The van der Waals surface area contributed by atoms with Gasteiger partial charge in [0.2, 0.25) is 4.96 Å². The maximum absolute atomic E-state index is 13.0. The van der Waals surface area contributed by atoms with Crippen LogP contribution in [0, 0.1) is 0 Å². The van der Waals surface area contributed by atoms with Gasteiger partial charge in [0, 0.05) is 6.42 Å². The minimum atomic E-state index is -0.483. The molecule has 170 valence electrons. The third-order valence-electron chi connectivity index (χ3n) is 4.98. The molecule has 0 aliphatic heterocycles. The van der Waals surface area contributed by atoms with E-state index in [1.54, 1.807) is 63.8 Å². The third-order valence-corrected chi connectivity index (χ3v) is 5.93. The van der Waals surface area contributed by atoms with E-state index in [4.69, 9.17) is 18.9 Å². The van der Waals surface area contributed by atoms with Gasteiger partial charge in [0.25, 0.3) is 11.1 Å². The lowest BCUT2D eigenvalue weighted by molar-refractivity contribution is 0.354. The average Bonchev–Trinajstić information content (AvgIpc) is 3.12. The number of nitrogens with zero attached hydrogens (tertiary/aromatic N) is 3. The first-order valence-electron chi connectivity index (χ1n) is 9.84. The van der Waals surface area contributed by atoms with Crippen molar-refractivity contribution in [2.45, 2.75) is 6.42 Å². The van der Waals surface area contributed by atoms with E-state index >= 15 is 0 Å². The summed E-state index contributed by atoms with van der Waals surface area (Å²) >= 11 is 1.10. The summed E-state index contributed by atoms with van der Waals surface area (Å²) in [5.41, 5.74) is 0.838. The van der Waals surface area contributed by atoms with Crippen molar-refractivity contribution in [3.63, 3.8) is 0 Å². The molecule has 0 N–H and O–H groups in total. The molecule has 2 aromatic carbocycles. The molecule has 0 aliphatic carbocycles. The predicted octanol–water partition coefficient (Wildman–Crippen LogP) is 1.68. The van der Waals surface area contributed by atoms with Gasteiger partial charge in [0.15, 0.2) is 23.0 Å². The van der Waals surface area contributed by atoms with E-state index in [9.17, 15) is 9.59 Å². The Morgan fingerprint density at radius 1 is 0.879 bits per heavy atom. The number of fused-ring (bicyclic) bond motifs is 1. The first-order valence-corrected chi connectivity index (χ1v) is 10.7. The number of hydrogen-bond acceptors (Lipinski definition) is 9. The molecule has 0 unspecified atom stereocenters. The van der Waals surface area contributed by atoms with Crippen molar-refractivity contribution in [2.75, 3.05) is 28.4 Å². The molecule has 0 spiro atoms. The lowest BCUT2D eigenvalue weighted by Crippen LogP contribution is -2.28. The molecule has 0 amide bonds. The molecule has 2 heterocycles. The Bertz CT molecular complexity index is 1490. The molecule has 0 atom stereocenters. The maximum Gasteiger partial charge on any atom is 0.296 e. The summed E-state index contributed by atoms with van der Waals surface area (Å²) < 4.78 is 22.7. The molecular weight excluding hydrogens is 446 g/mol. The lowest BCUT2D eigenvalue weighted by Gasteiger charge is -2.09. The predicted molar refractivity (Wildman–Crippen MR) is 124 cm³/mol. The van der Waals surface area contributed by atoms with Crippen LogP contribution in [0.25, 0.3) is 11.0 Å². The van der Waals surface area contributed by atoms with Crippen LogP contribution in [0.15, 0.2) is 46.0 Å². The van der Waals surface area contributed by atoms with Gasteiger partial charge in [0.05, 0.1) is 33.0 Å². The number of thiazole rings is 1. The van der Waals surface area contributed by atoms with Crippen LogP contribution in [0.2, 0.25) is 0 Å². The Hall–Kier alpha value is -3.92. The molecule has 33 heavy (non-hydrogen) atoms. The van der Waals surface area contributed by atoms with Gasteiger partial charge in [-0.2, -0.15) is 14.6 Å². The molecule has 0 saturated carbocycles. The highest BCUT2D eigenvalue weighted by Crippen LogP contribution is 2.28. The van der Waals surface area contributed by atoms with Crippen LogP contribution in [0.5, 0.6) is 23.0 Å². The SMILES string of the molecule is COc1ccc(/C=c2/sc3nc(=O)c(Cc4ccc(OC)c(OC)c4)nn3c2=O)cc1OC. The molecule has 0 radical (unpaired) electrons. The quantitative estimate of drug-likeness (QED) is 0.405. The number of methoxy groups -OCH3 is 4. The molecule has 0 bridgehead atoms. The lowest BCUT2D eigenvalue weighted by atomic mass is 10.1. The minimum Gasteiger partial charge on any atom is -0.493 e. The van der Waals surface area contributed by atoms with Crippen molar-refractivity contribution in [3.05, 3.63) is 78.5 Å². The molecule has 0 fully saturated rings. The first-order chi connectivity index (χ1) is 16.0. The average molecular weight is 468 g/mol. The van der Waals surface area contributed by atoms with Crippen molar-refractivity contribution in [2.24, 2.45) is 0 Å². The number of aromatic nitrogens is 3. The van der Waals surface area contributed by atoms with Gasteiger partial charge in [-0.3, -0.25) is 9.59 Å². The standard InChI is InChI=1S/C23H21N3O6S/c1-29-16-7-5-13(10-18(16)31-3)9-15-21(27)24-23-26(25-15)22(28)20(33-23)12-14-6-8-17(30-2)19(11-14)32-4/h5-8,10-12H,9H2,1-4H3/b20-12+. The summed E-state index contributed by atoms with van der Waals surface area (Å²) in [5, 5.41) is 4.29. The van der Waals surface area contributed by atoms with Gasteiger partial charge in [-0.05, 0) is 41.5 Å². The molecular formula is C23H21N3O6S. The van der Waals surface area contributed by atoms with E-state index in [0.29, 0.717) is 27.5 Å². The molecule has 4 rings (SSSR count).